The Morgan fingerprint density at radius 2 is 2.06 bits per heavy atom. The van der Waals surface area contributed by atoms with Gasteiger partial charge in [-0.1, -0.05) is 50.3 Å². The molecule has 1 heterocycles. The summed E-state index contributed by atoms with van der Waals surface area (Å²) in [5.41, 5.74) is 3.26. The van der Waals surface area contributed by atoms with Crippen LogP contribution in [0.25, 0.3) is 0 Å². The van der Waals surface area contributed by atoms with Crippen molar-refractivity contribution in [3.05, 3.63) is 53.6 Å². The van der Waals surface area contributed by atoms with Crippen LogP contribution in [0.2, 0.25) is 0 Å². The van der Waals surface area contributed by atoms with Crippen molar-refractivity contribution < 1.29 is 0 Å². The number of thioether (sulfide) groups is 1. The molecule has 1 aromatic rings. The zero-order chi connectivity index (χ0) is 11.2. The monoisotopic (exact) mass is 228 g/mol. The second kappa shape index (κ2) is 3.53. The predicted octanol–water partition coefficient (Wildman–Crippen LogP) is 4.32. The Bertz CT molecular complexity index is 480. The summed E-state index contributed by atoms with van der Waals surface area (Å²) in [7, 11) is 0. The first kappa shape index (κ1) is 10.2. The standard InChI is InChI=1S/C15H16S/c1-15(2)11-7-3-5-9-13(11)16-14-10-6-4-8-12(14)15/h3-9,14H,10H2,1-2H3. The molecule has 0 amide bonds. The van der Waals surface area contributed by atoms with Gasteiger partial charge in [0, 0.05) is 15.6 Å². The Balaban J connectivity index is 2.19. The van der Waals surface area contributed by atoms with Crippen LogP contribution in [-0.2, 0) is 5.41 Å². The highest BCUT2D eigenvalue weighted by molar-refractivity contribution is 8.00. The summed E-state index contributed by atoms with van der Waals surface area (Å²) in [5.74, 6) is 0. The molecule has 0 aromatic heterocycles. The first-order valence-corrected chi connectivity index (χ1v) is 6.71. The van der Waals surface area contributed by atoms with Crippen LogP contribution >= 0.6 is 11.8 Å². The lowest BCUT2D eigenvalue weighted by Crippen LogP contribution is -2.32. The van der Waals surface area contributed by atoms with Gasteiger partial charge in [0.25, 0.3) is 0 Å². The molecule has 16 heavy (non-hydrogen) atoms. The van der Waals surface area contributed by atoms with E-state index in [2.05, 4.69) is 56.3 Å². The molecule has 0 saturated heterocycles. The fourth-order valence-electron chi connectivity index (χ4n) is 2.73. The van der Waals surface area contributed by atoms with Gasteiger partial charge < -0.3 is 0 Å². The number of hydrogen-bond acceptors (Lipinski definition) is 1. The Hall–Kier alpha value is -0.950. The van der Waals surface area contributed by atoms with Crippen molar-refractivity contribution in [1.29, 1.82) is 0 Å². The van der Waals surface area contributed by atoms with Crippen molar-refractivity contribution in [1.82, 2.24) is 0 Å². The minimum atomic E-state index is 0.192. The van der Waals surface area contributed by atoms with Crippen molar-refractivity contribution in [2.24, 2.45) is 0 Å². The van der Waals surface area contributed by atoms with Crippen molar-refractivity contribution in [2.45, 2.75) is 35.8 Å². The van der Waals surface area contributed by atoms with E-state index in [1.165, 1.54) is 16.9 Å². The fourth-order valence-corrected chi connectivity index (χ4v) is 4.35. The van der Waals surface area contributed by atoms with Crippen molar-refractivity contribution >= 4 is 11.8 Å². The lowest BCUT2D eigenvalue weighted by molar-refractivity contribution is 0.574. The third-order valence-electron chi connectivity index (χ3n) is 3.66. The number of fused-ring (bicyclic) bond motifs is 2. The van der Waals surface area contributed by atoms with E-state index in [-0.39, 0.29) is 5.41 Å². The molecule has 1 aliphatic heterocycles. The second-order valence-corrected chi connectivity index (χ2v) is 6.26. The van der Waals surface area contributed by atoms with Crippen LogP contribution in [0.3, 0.4) is 0 Å². The van der Waals surface area contributed by atoms with Gasteiger partial charge >= 0.3 is 0 Å². The highest BCUT2D eigenvalue weighted by Gasteiger charge is 2.37. The number of hydrogen-bond donors (Lipinski definition) is 0. The molecule has 3 rings (SSSR count). The molecule has 1 unspecified atom stereocenters. The van der Waals surface area contributed by atoms with Gasteiger partial charge in [-0.3, -0.25) is 0 Å². The third kappa shape index (κ3) is 1.38. The van der Waals surface area contributed by atoms with E-state index < -0.39 is 0 Å². The zero-order valence-electron chi connectivity index (χ0n) is 9.73. The van der Waals surface area contributed by atoms with Crippen LogP contribution in [0.15, 0.2) is 53.0 Å². The lowest BCUT2D eigenvalue weighted by Gasteiger charge is -2.40. The van der Waals surface area contributed by atoms with E-state index >= 15 is 0 Å². The maximum absolute atomic E-state index is 2.35. The summed E-state index contributed by atoms with van der Waals surface area (Å²) in [5, 5.41) is 0.648. The second-order valence-electron chi connectivity index (χ2n) is 5.01. The quantitative estimate of drug-likeness (QED) is 0.637. The molecule has 0 N–H and O–H groups in total. The molecule has 0 bridgehead atoms. The minimum Gasteiger partial charge on any atom is -0.118 e. The van der Waals surface area contributed by atoms with Gasteiger partial charge in [-0.2, -0.15) is 0 Å². The highest BCUT2D eigenvalue weighted by atomic mass is 32.2. The van der Waals surface area contributed by atoms with Crippen molar-refractivity contribution in [3.63, 3.8) is 0 Å². The van der Waals surface area contributed by atoms with E-state index in [1.807, 2.05) is 11.8 Å². The number of benzene rings is 1. The van der Waals surface area contributed by atoms with Gasteiger partial charge in [0.15, 0.2) is 0 Å². The van der Waals surface area contributed by atoms with Crippen LogP contribution < -0.4 is 0 Å². The molecule has 1 aromatic carbocycles. The maximum Gasteiger partial charge on any atom is 0.0350 e. The van der Waals surface area contributed by atoms with Crippen LogP contribution in [0, 0.1) is 0 Å². The van der Waals surface area contributed by atoms with Crippen molar-refractivity contribution in [3.8, 4) is 0 Å². The summed E-state index contributed by atoms with van der Waals surface area (Å²) in [6.45, 7) is 4.70. The molecule has 0 saturated carbocycles. The molecule has 0 nitrogen and oxygen atoms in total. The van der Waals surface area contributed by atoms with Crippen LogP contribution in [0.5, 0.6) is 0 Å². The Labute approximate surface area is 101 Å². The lowest BCUT2D eigenvalue weighted by atomic mass is 9.74. The van der Waals surface area contributed by atoms with Gasteiger partial charge in [-0.25, -0.2) is 0 Å². The molecular formula is C15H16S. The van der Waals surface area contributed by atoms with Gasteiger partial charge in [-0.15, -0.1) is 11.8 Å². The Morgan fingerprint density at radius 3 is 2.94 bits per heavy atom. The zero-order valence-corrected chi connectivity index (χ0v) is 10.6. The average Bonchev–Trinajstić information content (AvgIpc) is 2.29. The van der Waals surface area contributed by atoms with Crippen LogP contribution in [-0.4, -0.2) is 5.25 Å². The Morgan fingerprint density at radius 1 is 1.25 bits per heavy atom. The highest BCUT2D eigenvalue weighted by Crippen LogP contribution is 2.50. The summed E-state index contributed by atoms with van der Waals surface area (Å²) in [4.78, 5) is 1.46. The van der Waals surface area contributed by atoms with E-state index in [0.717, 1.165) is 0 Å². The van der Waals surface area contributed by atoms with E-state index in [1.54, 1.807) is 5.57 Å². The molecule has 82 valence electrons. The molecular weight excluding hydrogens is 212 g/mol. The van der Waals surface area contributed by atoms with E-state index in [4.69, 9.17) is 0 Å². The minimum absolute atomic E-state index is 0.192. The molecule has 0 spiro atoms. The first-order chi connectivity index (χ1) is 7.69. The third-order valence-corrected chi connectivity index (χ3v) is 5.00. The topological polar surface area (TPSA) is 0 Å². The largest absolute Gasteiger partial charge is 0.118 e. The molecule has 1 heteroatoms. The van der Waals surface area contributed by atoms with E-state index in [9.17, 15) is 0 Å². The maximum atomic E-state index is 2.35. The summed E-state index contributed by atoms with van der Waals surface area (Å²) < 4.78 is 0. The fraction of sp³-hybridized carbons (Fsp3) is 0.333. The first-order valence-electron chi connectivity index (χ1n) is 5.83. The Kier molecular flexibility index (Phi) is 2.25. The summed E-state index contributed by atoms with van der Waals surface area (Å²) in [6, 6.07) is 8.84. The predicted molar refractivity (Wildman–Crippen MR) is 71.0 cm³/mol. The van der Waals surface area contributed by atoms with Crippen molar-refractivity contribution in [2.75, 3.05) is 0 Å². The average molecular weight is 228 g/mol. The van der Waals surface area contributed by atoms with E-state index in [0.29, 0.717) is 5.25 Å². The SMILES string of the molecule is CC1(C)C2=CC=CCC2Sc2ccccc21. The van der Waals surface area contributed by atoms with Gasteiger partial charge in [-0.05, 0) is 23.6 Å². The number of allylic oxidation sites excluding steroid dienone is 3. The van der Waals surface area contributed by atoms with Gasteiger partial charge in [0.1, 0.15) is 0 Å². The number of rotatable bonds is 0. The van der Waals surface area contributed by atoms with Crippen LogP contribution in [0.4, 0.5) is 0 Å². The molecule has 0 fully saturated rings. The molecule has 1 atom stereocenters. The summed E-state index contributed by atoms with van der Waals surface area (Å²) in [6.07, 6.45) is 7.98. The molecule has 2 aliphatic rings. The summed E-state index contributed by atoms with van der Waals surface area (Å²) >= 11 is 2.02. The molecule has 1 aliphatic carbocycles. The smallest absolute Gasteiger partial charge is 0.0350 e. The van der Waals surface area contributed by atoms with Crippen LogP contribution in [0.1, 0.15) is 25.8 Å². The van der Waals surface area contributed by atoms with Gasteiger partial charge in [0.05, 0.1) is 0 Å². The normalized spacial score (nSPS) is 25.6. The molecule has 0 radical (unpaired) electrons. The van der Waals surface area contributed by atoms with Gasteiger partial charge in [0.2, 0.25) is 0 Å².